The summed E-state index contributed by atoms with van der Waals surface area (Å²) in [6, 6.07) is 7.85. The van der Waals surface area contributed by atoms with Crippen molar-refractivity contribution >= 4 is 11.7 Å². The van der Waals surface area contributed by atoms with E-state index in [4.69, 9.17) is 0 Å². The molecule has 8 nitrogen and oxygen atoms in total. The summed E-state index contributed by atoms with van der Waals surface area (Å²) in [5.41, 5.74) is 0.875. The Hall–Kier alpha value is -2.90. The zero-order valence-electron chi connectivity index (χ0n) is 14.7. The van der Waals surface area contributed by atoms with Crippen molar-refractivity contribution in [1.29, 1.82) is 0 Å². The molecule has 1 aliphatic heterocycles. The lowest BCUT2D eigenvalue weighted by atomic mass is 9.96. The van der Waals surface area contributed by atoms with Gasteiger partial charge in [0.2, 0.25) is 0 Å². The number of aromatic nitrogens is 5. The molecule has 4 heterocycles. The lowest BCUT2D eigenvalue weighted by molar-refractivity contribution is 0.180. The number of piperidine rings is 1. The Morgan fingerprint density at radius 3 is 2.85 bits per heavy atom. The number of pyridine rings is 1. The quantitative estimate of drug-likeness (QED) is 0.711. The molecule has 1 aliphatic rings. The van der Waals surface area contributed by atoms with Crippen molar-refractivity contribution in [1.82, 2.24) is 34.6 Å². The number of aryl methyl sites for hydroxylation is 1. The van der Waals surface area contributed by atoms with E-state index in [1.807, 2.05) is 46.2 Å². The maximum Gasteiger partial charge on any atom is 0.317 e. The lowest BCUT2D eigenvalue weighted by Crippen LogP contribution is -2.44. The fourth-order valence-corrected chi connectivity index (χ4v) is 3.46. The molecule has 0 bridgehead atoms. The van der Waals surface area contributed by atoms with Crippen LogP contribution in [0.4, 0.5) is 4.79 Å². The van der Waals surface area contributed by atoms with Gasteiger partial charge in [0.1, 0.15) is 5.82 Å². The summed E-state index contributed by atoms with van der Waals surface area (Å²) in [6.07, 6.45) is 8.40. The van der Waals surface area contributed by atoms with E-state index in [0.717, 1.165) is 50.4 Å². The van der Waals surface area contributed by atoms with Crippen LogP contribution in [0.5, 0.6) is 0 Å². The number of likely N-dealkylation sites (tertiary alicyclic amines) is 1. The van der Waals surface area contributed by atoms with Gasteiger partial charge in [-0.05, 0) is 37.5 Å². The van der Waals surface area contributed by atoms with Crippen LogP contribution in [-0.2, 0) is 6.54 Å². The normalized spacial score (nSPS) is 15.5. The highest BCUT2D eigenvalue weighted by atomic mass is 16.2. The second-order valence-corrected chi connectivity index (χ2v) is 6.60. The monoisotopic (exact) mass is 353 g/mol. The Morgan fingerprint density at radius 1 is 1.15 bits per heavy atom. The first-order chi connectivity index (χ1) is 12.8. The molecular formula is C18H23N7O. The van der Waals surface area contributed by atoms with Crippen LogP contribution >= 0.6 is 0 Å². The number of urea groups is 1. The minimum atomic E-state index is 0.0232. The van der Waals surface area contributed by atoms with Crippen molar-refractivity contribution in [3.05, 3.63) is 48.7 Å². The summed E-state index contributed by atoms with van der Waals surface area (Å²) < 4.78 is 3.93. The number of fused-ring (bicyclic) bond motifs is 1. The highest BCUT2D eigenvalue weighted by Gasteiger charge is 2.26. The maximum absolute atomic E-state index is 12.3. The largest absolute Gasteiger partial charge is 0.338 e. The van der Waals surface area contributed by atoms with Crippen LogP contribution in [-0.4, -0.2) is 54.9 Å². The third-order valence-corrected chi connectivity index (χ3v) is 4.89. The van der Waals surface area contributed by atoms with E-state index in [1.54, 1.807) is 6.20 Å². The van der Waals surface area contributed by atoms with Gasteiger partial charge in [0.05, 0.1) is 0 Å². The summed E-state index contributed by atoms with van der Waals surface area (Å²) >= 11 is 0. The number of hydrogen-bond acceptors (Lipinski definition) is 4. The summed E-state index contributed by atoms with van der Waals surface area (Å²) in [4.78, 5) is 14.2. The minimum Gasteiger partial charge on any atom is -0.338 e. The molecule has 0 atom stereocenters. The maximum atomic E-state index is 12.3. The zero-order chi connectivity index (χ0) is 17.8. The number of nitrogens with one attached hydrogen (secondary N) is 1. The molecule has 2 amide bonds. The van der Waals surface area contributed by atoms with Gasteiger partial charge in [0, 0.05) is 50.7 Å². The first-order valence-corrected chi connectivity index (χ1v) is 9.11. The Bertz CT molecular complexity index is 849. The Labute approximate surface area is 151 Å². The summed E-state index contributed by atoms with van der Waals surface area (Å²) in [7, 11) is 0. The number of carbonyl (C=O) groups excluding carboxylic acids is 1. The molecule has 1 saturated heterocycles. The predicted molar refractivity (Wildman–Crippen MR) is 96.8 cm³/mol. The first-order valence-electron chi connectivity index (χ1n) is 9.11. The van der Waals surface area contributed by atoms with Crippen molar-refractivity contribution in [3.63, 3.8) is 0 Å². The number of nitrogens with zero attached hydrogens (tertiary/aromatic N) is 6. The van der Waals surface area contributed by atoms with E-state index in [9.17, 15) is 4.79 Å². The van der Waals surface area contributed by atoms with Crippen molar-refractivity contribution in [2.24, 2.45) is 0 Å². The van der Waals surface area contributed by atoms with Gasteiger partial charge < -0.3 is 10.2 Å². The SMILES string of the molecule is O=C(NCCCn1cccn1)N1CCC(c2nnc3ccccn23)CC1. The number of amides is 2. The zero-order valence-corrected chi connectivity index (χ0v) is 14.7. The third kappa shape index (κ3) is 3.54. The van der Waals surface area contributed by atoms with Crippen LogP contribution < -0.4 is 5.32 Å². The minimum absolute atomic E-state index is 0.0232. The molecule has 0 unspecified atom stereocenters. The lowest BCUT2D eigenvalue weighted by Gasteiger charge is -2.31. The summed E-state index contributed by atoms with van der Waals surface area (Å²) in [6.45, 7) is 2.97. The molecule has 0 saturated carbocycles. The van der Waals surface area contributed by atoms with Gasteiger partial charge >= 0.3 is 6.03 Å². The smallest absolute Gasteiger partial charge is 0.317 e. The van der Waals surface area contributed by atoms with E-state index in [-0.39, 0.29) is 6.03 Å². The number of rotatable bonds is 5. The second-order valence-electron chi connectivity index (χ2n) is 6.60. The van der Waals surface area contributed by atoms with Crippen molar-refractivity contribution in [2.75, 3.05) is 19.6 Å². The van der Waals surface area contributed by atoms with E-state index in [0.29, 0.717) is 12.5 Å². The highest BCUT2D eigenvalue weighted by molar-refractivity contribution is 5.74. The molecular weight excluding hydrogens is 330 g/mol. The fourth-order valence-electron chi connectivity index (χ4n) is 3.46. The van der Waals surface area contributed by atoms with E-state index in [2.05, 4.69) is 25.0 Å². The van der Waals surface area contributed by atoms with Gasteiger partial charge in [-0.1, -0.05) is 6.07 Å². The highest BCUT2D eigenvalue weighted by Crippen LogP contribution is 2.27. The standard InChI is InChI=1S/C18H23N7O/c26-18(19-8-3-10-24-11-4-9-20-24)23-13-6-15(7-14-23)17-22-21-16-5-1-2-12-25(16)17/h1-2,4-5,9,11-12,15H,3,6-8,10,13-14H2,(H,19,26). The van der Waals surface area contributed by atoms with Gasteiger partial charge in [-0.15, -0.1) is 10.2 Å². The van der Waals surface area contributed by atoms with Crippen LogP contribution in [0.15, 0.2) is 42.9 Å². The predicted octanol–water partition coefficient (Wildman–Crippen LogP) is 1.91. The molecule has 4 rings (SSSR count). The molecule has 0 aromatic carbocycles. The number of hydrogen-bond donors (Lipinski definition) is 1. The number of carbonyl (C=O) groups is 1. The Balaban J connectivity index is 1.24. The van der Waals surface area contributed by atoms with Crippen LogP contribution in [0.25, 0.3) is 5.65 Å². The van der Waals surface area contributed by atoms with Crippen molar-refractivity contribution in [2.45, 2.75) is 31.7 Å². The van der Waals surface area contributed by atoms with Gasteiger partial charge in [-0.2, -0.15) is 5.10 Å². The van der Waals surface area contributed by atoms with Gasteiger partial charge in [-0.3, -0.25) is 9.08 Å². The topological polar surface area (TPSA) is 80.3 Å². The third-order valence-electron chi connectivity index (χ3n) is 4.89. The average molecular weight is 353 g/mol. The van der Waals surface area contributed by atoms with Crippen LogP contribution in [0.1, 0.15) is 31.0 Å². The summed E-state index contributed by atoms with van der Waals surface area (Å²) in [5.74, 6) is 1.34. The molecule has 136 valence electrons. The van der Waals surface area contributed by atoms with Crippen molar-refractivity contribution in [3.8, 4) is 0 Å². The Morgan fingerprint density at radius 2 is 2.04 bits per heavy atom. The Kier molecular flexibility index (Phi) is 4.81. The van der Waals surface area contributed by atoms with Gasteiger partial charge in [0.25, 0.3) is 0 Å². The van der Waals surface area contributed by atoms with E-state index in [1.165, 1.54) is 0 Å². The van der Waals surface area contributed by atoms with E-state index >= 15 is 0 Å². The molecule has 0 aliphatic carbocycles. The molecule has 8 heteroatoms. The van der Waals surface area contributed by atoms with Gasteiger partial charge in [-0.25, -0.2) is 4.79 Å². The van der Waals surface area contributed by atoms with Crippen LogP contribution in [0, 0.1) is 0 Å². The molecule has 3 aromatic heterocycles. The first kappa shape index (κ1) is 16.6. The molecule has 3 aromatic rings. The summed E-state index contributed by atoms with van der Waals surface area (Å²) in [5, 5.41) is 15.8. The molecule has 1 N–H and O–H groups in total. The van der Waals surface area contributed by atoms with Crippen LogP contribution in [0.2, 0.25) is 0 Å². The molecule has 26 heavy (non-hydrogen) atoms. The van der Waals surface area contributed by atoms with E-state index < -0.39 is 0 Å². The second kappa shape index (κ2) is 7.55. The van der Waals surface area contributed by atoms with Crippen molar-refractivity contribution < 1.29 is 4.79 Å². The van der Waals surface area contributed by atoms with Crippen LogP contribution in [0.3, 0.4) is 0 Å². The fraction of sp³-hybridized carbons (Fsp3) is 0.444. The molecule has 1 fully saturated rings. The molecule has 0 spiro atoms. The average Bonchev–Trinajstić information content (AvgIpc) is 3.35. The van der Waals surface area contributed by atoms with Gasteiger partial charge in [0.15, 0.2) is 5.65 Å². The molecule has 0 radical (unpaired) electrons.